The normalized spacial score (nSPS) is 10.4. The molecule has 0 radical (unpaired) electrons. The first-order chi connectivity index (χ1) is 10.5. The lowest BCUT2D eigenvalue weighted by Gasteiger charge is -2.12. The fourth-order valence-corrected chi connectivity index (χ4v) is 1.98. The number of ether oxygens (including phenoxy) is 1. The quantitative estimate of drug-likeness (QED) is 0.661. The average Bonchev–Trinajstić information content (AvgIpc) is 2.51. The van der Waals surface area contributed by atoms with Crippen LogP contribution in [0.2, 0.25) is 10.3 Å². The van der Waals surface area contributed by atoms with E-state index < -0.39 is 5.97 Å². The number of aromatic nitrogens is 3. The van der Waals surface area contributed by atoms with Crippen LogP contribution in [-0.4, -0.2) is 27.5 Å². The molecular formula is C14H14Cl2N4O2. The molecule has 0 fully saturated rings. The van der Waals surface area contributed by atoms with Crippen LogP contribution >= 0.6 is 23.2 Å². The highest BCUT2D eigenvalue weighted by molar-refractivity contribution is 6.33. The number of carbonyl (C=O) groups is 1. The standard InChI is InChI=1S/C14H14Cl2N4O2/c1-3-8-5-6-9(13(21)22-4-2)11(18-8)19-12-10(15)7-17-14(16)20-12/h5-7H,3-4H2,1-2H3,(H,17,18,19,20). The number of anilines is 2. The summed E-state index contributed by atoms with van der Waals surface area (Å²) in [6.07, 6.45) is 2.09. The van der Waals surface area contributed by atoms with Crippen LogP contribution < -0.4 is 5.32 Å². The van der Waals surface area contributed by atoms with Crippen LogP contribution in [0.15, 0.2) is 18.3 Å². The second-order valence-electron chi connectivity index (χ2n) is 4.23. The van der Waals surface area contributed by atoms with E-state index in [-0.39, 0.29) is 22.7 Å². The Hall–Kier alpha value is -1.92. The van der Waals surface area contributed by atoms with E-state index in [4.69, 9.17) is 27.9 Å². The van der Waals surface area contributed by atoms with Gasteiger partial charge in [-0.2, -0.15) is 4.98 Å². The summed E-state index contributed by atoms with van der Waals surface area (Å²) in [7, 11) is 0. The molecule has 0 aliphatic carbocycles. The minimum atomic E-state index is -0.476. The zero-order chi connectivity index (χ0) is 16.1. The van der Waals surface area contributed by atoms with Crippen molar-refractivity contribution in [1.82, 2.24) is 15.0 Å². The Labute approximate surface area is 137 Å². The molecule has 1 N–H and O–H groups in total. The zero-order valence-electron chi connectivity index (χ0n) is 12.1. The molecule has 0 atom stereocenters. The monoisotopic (exact) mass is 340 g/mol. The molecule has 6 nitrogen and oxygen atoms in total. The third-order valence-corrected chi connectivity index (χ3v) is 3.22. The second kappa shape index (κ2) is 7.38. The van der Waals surface area contributed by atoms with E-state index in [1.807, 2.05) is 6.92 Å². The molecule has 2 aromatic heterocycles. The van der Waals surface area contributed by atoms with Gasteiger partial charge in [-0.25, -0.2) is 14.8 Å². The van der Waals surface area contributed by atoms with Crippen molar-refractivity contribution in [1.29, 1.82) is 0 Å². The summed E-state index contributed by atoms with van der Waals surface area (Å²) in [4.78, 5) is 24.2. The SMILES string of the molecule is CCOC(=O)c1ccc(CC)nc1Nc1nc(Cl)ncc1Cl. The molecular weight excluding hydrogens is 327 g/mol. The predicted octanol–water partition coefficient (Wildman–Crippen LogP) is 3.66. The molecule has 0 amide bonds. The minimum absolute atomic E-state index is 0.0382. The molecule has 2 aromatic rings. The third-order valence-electron chi connectivity index (χ3n) is 2.76. The molecule has 2 rings (SSSR count). The number of nitrogens with one attached hydrogen (secondary N) is 1. The maximum Gasteiger partial charge on any atom is 0.341 e. The van der Waals surface area contributed by atoms with Crippen molar-refractivity contribution in [2.24, 2.45) is 0 Å². The molecule has 2 heterocycles. The van der Waals surface area contributed by atoms with Crippen LogP contribution in [-0.2, 0) is 11.2 Å². The van der Waals surface area contributed by atoms with Crippen LogP contribution in [0.5, 0.6) is 0 Å². The highest BCUT2D eigenvalue weighted by Gasteiger charge is 2.16. The van der Waals surface area contributed by atoms with Crippen LogP contribution in [0, 0.1) is 0 Å². The summed E-state index contributed by atoms with van der Waals surface area (Å²) >= 11 is 11.8. The van der Waals surface area contributed by atoms with Crippen molar-refractivity contribution in [2.45, 2.75) is 20.3 Å². The Balaban J connectivity index is 2.42. The summed E-state index contributed by atoms with van der Waals surface area (Å²) in [5, 5.41) is 3.22. The molecule has 8 heteroatoms. The highest BCUT2D eigenvalue weighted by Crippen LogP contribution is 2.25. The maximum atomic E-state index is 12.0. The molecule has 0 aromatic carbocycles. The van der Waals surface area contributed by atoms with Crippen molar-refractivity contribution < 1.29 is 9.53 Å². The van der Waals surface area contributed by atoms with Gasteiger partial charge in [0.25, 0.3) is 0 Å². The van der Waals surface area contributed by atoms with Gasteiger partial charge in [0.1, 0.15) is 16.4 Å². The minimum Gasteiger partial charge on any atom is -0.462 e. The molecule has 0 saturated heterocycles. The van der Waals surface area contributed by atoms with Crippen molar-refractivity contribution >= 4 is 40.8 Å². The first kappa shape index (κ1) is 16.5. The van der Waals surface area contributed by atoms with Gasteiger partial charge in [0, 0.05) is 5.69 Å². The fourth-order valence-electron chi connectivity index (χ4n) is 1.71. The molecule has 0 unspecified atom stereocenters. The molecule has 22 heavy (non-hydrogen) atoms. The summed E-state index contributed by atoms with van der Waals surface area (Å²) in [5.41, 5.74) is 1.11. The molecule has 116 valence electrons. The van der Waals surface area contributed by atoms with Crippen LogP contribution in [0.3, 0.4) is 0 Å². The number of aryl methyl sites for hydroxylation is 1. The number of carbonyl (C=O) groups excluding carboxylic acids is 1. The first-order valence-electron chi connectivity index (χ1n) is 6.67. The number of hydrogen-bond donors (Lipinski definition) is 1. The van der Waals surface area contributed by atoms with E-state index in [1.165, 1.54) is 6.20 Å². The Bertz CT molecular complexity index is 695. The number of nitrogens with zero attached hydrogens (tertiary/aromatic N) is 3. The second-order valence-corrected chi connectivity index (χ2v) is 4.98. The largest absolute Gasteiger partial charge is 0.462 e. The smallest absolute Gasteiger partial charge is 0.341 e. The maximum absolute atomic E-state index is 12.0. The molecule has 0 aliphatic rings. The lowest BCUT2D eigenvalue weighted by atomic mass is 10.2. The number of hydrogen-bond acceptors (Lipinski definition) is 6. The van der Waals surface area contributed by atoms with E-state index in [2.05, 4.69) is 20.3 Å². The van der Waals surface area contributed by atoms with Gasteiger partial charge >= 0.3 is 5.97 Å². The molecule has 0 bridgehead atoms. The van der Waals surface area contributed by atoms with Crippen LogP contribution in [0.25, 0.3) is 0 Å². The van der Waals surface area contributed by atoms with Crippen LogP contribution in [0.1, 0.15) is 29.9 Å². The van der Waals surface area contributed by atoms with Gasteiger partial charge in [-0.15, -0.1) is 0 Å². The summed E-state index contributed by atoms with van der Waals surface area (Å²) < 4.78 is 5.02. The molecule has 0 saturated carbocycles. The van der Waals surface area contributed by atoms with E-state index in [0.717, 1.165) is 12.1 Å². The number of rotatable bonds is 5. The first-order valence-corrected chi connectivity index (χ1v) is 7.42. The topological polar surface area (TPSA) is 77.0 Å². The van der Waals surface area contributed by atoms with Gasteiger partial charge in [-0.1, -0.05) is 18.5 Å². The predicted molar refractivity (Wildman–Crippen MR) is 84.9 cm³/mol. The highest BCUT2D eigenvalue weighted by atomic mass is 35.5. The van der Waals surface area contributed by atoms with Gasteiger partial charge in [0.2, 0.25) is 5.28 Å². The van der Waals surface area contributed by atoms with Crippen molar-refractivity contribution in [2.75, 3.05) is 11.9 Å². The Morgan fingerprint density at radius 2 is 2.00 bits per heavy atom. The summed E-state index contributed by atoms with van der Waals surface area (Å²) in [6, 6.07) is 3.43. The van der Waals surface area contributed by atoms with E-state index in [9.17, 15) is 4.79 Å². The number of pyridine rings is 1. The van der Waals surface area contributed by atoms with Crippen molar-refractivity contribution in [3.63, 3.8) is 0 Å². The average molecular weight is 341 g/mol. The van der Waals surface area contributed by atoms with Gasteiger partial charge < -0.3 is 10.1 Å². The van der Waals surface area contributed by atoms with Gasteiger partial charge in [-0.05, 0) is 37.1 Å². The number of halogens is 2. The van der Waals surface area contributed by atoms with Crippen molar-refractivity contribution in [3.05, 3.63) is 39.9 Å². The Morgan fingerprint density at radius 3 is 2.68 bits per heavy atom. The van der Waals surface area contributed by atoms with E-state index in [0.29, 0.717) is 11.4 Å². The van der Waals surface area contributed by atoms with Gasteiger partial charge in [0.05, 0.1) is 12.8 Å². The van der Waals surface area contributed by atoms with E-state index >= 15 is 0 Å². The Kier molecular flexibility index (Phi) is 5.51. The summed E-state index contributed by atoms with van der Waals surface area (Å²) in [5.74, 6) is 0.110. The zero-order valence-corrected chi connectivity index (χ0v) is 13.6. The fraction of sp³-hybridized carbons (Fsp3) is 0.286. The number of esters is 1. The van der Waals surface area contributed by atoms with Crippen LogP contribution in [0.4, 0.5) is 11.6 Å². The lowest BCUT2D eigenvalue weighted by molar-refractivity contribution is 0.0527. The lowest BCUT2D eigenvalue weighted by Crippen LogP contribution is -2.11. The van der Waals surface area contributed by atoms with Crippen molar-refractivity contribution in [3.8, 4) is 0 Å². The summed E-state index contributed by atoms with van der Waals surface area (Å²) in [6.45, 7) is 3.97. The third kappa shape index (κ3) is 3.84. The van der Waals surface area contributed by atoms with Gasteiger partial charge in [0.15, 0.2) is 5.82 Å². The molecule has 0 aliphatic heterocycles. The molecule has 0 spiro atoms. The van der Waals surface area contributed by atoms with E-state index in [1.54, 1.807) is 19.1 Å². The van der Waals surface area contributed by atoms with Gasteiger partial charge in [-0.3, -0.25) is 0 Å². The Morgan fingerprint density at radius 1 is 1.23 bits per heavy atom.